The molecule has 0 amide bonds. The second kappa shape index (κ2) is 5.14. The first-order chi connectivity index (χ1) is 6.99. The first-order valence-corrected chi connectivity index (χ1v) is 5.11. The van der Waals surface area contributed by atoms with Gasteiger partial charge in [-0.1, -0.05) is 6.92 Å². The summed E-state index contributed by atoms with van der Waals surface area (Å²) in [7, 11) is 0. The fourth-order valence-electron chi connectivity index (χ4n) is 1.76. The summed E-state index contributed by atoms with van der Waals surface area (Å²) >= 11 is 0. The number of ether oxygens (including phenoxy) is 1. The van der Waals surface area contributed by atoms with E-state index < -0.39 is 12.2 Å². The van der Waals surface area contributed by atoms with E-state index in [2.05, 4.69) is 0 Å². The molecule has 90 valence electrons. The maximum Gasteiger partial charge on any atom is 0.405 e. The Balaban J connectivity index is 2.60. The number of morpholine rings is 1. The van der Waals surface area contributed by atoms with Crippen molar-refractivity contribution in [3.63, 3.8) is 0 Å². The molecule has 2 N–H and O–H groups in total. The van der Waals surface area contributed by atoms with Crippen molar-refractivity contribution in [3.05, 3.63) is 0 Å². The van der Waals surface area contributed by atoms with Crippen LogP contribution in [0.4, 0.5) is 13.2 Å². The lowest BCUT2D eigenvalue weighted by Gasteiger charge is -2.38. The Morgan fingerprint density at radius 3 is 2.67 bits per heavy atom. The minimum absolute atomic E-state index is 0.102. The van der Waals surface area contributed by atoms with E-state index in [4.69, 9.17) is 10.5 Å². The minimum Gasteiger partial charge on any atom is -0.376 e. The SMILES string of the molecule is CCC1CN(C(CN)C(F)(F)F)CCO1. The molecule has 0 aromatic rings. The predicted octanol–water partition coefficient (Wildman–Crippen LogP) is 0.987. The summed E-state index contributed by atoms with van der Waals surface area (Å²) in [6.45, 7) is 2.49. The van der Waals surface area contributed by atoms with Gasteiger partial charge < -0.3 is 10.5 Å². The molecule has 0 aromatic carbocycles. The molecule has 0 saturated carbocycles. The Morgan fingerprint density at radius 1 is 1.53 bits per heavy atom. The Labute approximate surface area is 87.4 Å². The van der Waals surface area contributed by atoms with Crippen LogP contribution in [0.15, 0.2) is 0 Å². The van der Waals surface area contributed by atoms with Crippen LogP contribution in [0.5, 0.6) is 0 Å². The van der Waals surface area contributed by atoms with Crippen molar-refractivity contribution in [2.24, 2.45) is 5.73 Å². The molecular formula is C9H17F3N2O. The van der Waals surface area contributed by atoms with Crippen LogP contribution in [0.25, 0.3) is 0 Å². The normalized spacial score (nSPS) is 26.6. The Kier molecular flexibility index (Phi) is 4.36. The van der Waals surface area contributed by atoms with Crippen molar-refractivity contribution in [3.8, 4) is 0 Å². The quantitative estimate of drug-likeness (QED) is 0.779. The van der Waals surface area contributed by atoms with Gasteiger partial charge in [-0.25, -0.2) is 0 Å². The number of nitrogens with two attached hydrogens (primary N) is 1. The number of hydrogen-bond donors (Lipinski definition) is 1. The second-order valence-electron chi connectivity index (χ2n) is 3.69. The standard InChI is InChI=1S/C9H17F3N2O/c1-2-7-6-14(3-4-15-7)8(5-13)9(10,11)12/h7-8H,2-6,13H2,1H3. The average Bonchev–Trinajstić information content (AvgIpc) is 2.17. The van der Waals surface area contributed by atoms with E-state index >= 15 is 0 Å². The first kappa shape index (κ1) is 12.7. The van der Waals surface area contributed by atoms with Crippen molar-refractivity contribution in [2.75, 3.05) is 26.2 Å². The van der Waals surface area contributed by atoms with Gasteiger partial charge in [-0.3, -0.25) is 4.90 Å². The maximum absolute atomic E-state index is 12.6. The van der Waals surface area contributed by atoms with Crippen LogP contribution < -0.4 is 5.73 Å². The summed E-state index contributed by atoms with van der Waals surface area (Å²) in [6.07, 6.45) is -3.62. The summed E-state index contributed by atoms with van der Waals surface area (Å²) in [4.78, 5) is 1.37. The van der Waals surface area contributed by atoms with Gasteiger partial charge in [0.15, 0.2) is 0 Å². The third-order valence-corrected chi connectivity index (χ3v) is 2.67. The molecule has 0 bridgehead atoms. The third kappa shape index (κ3) is 3.32. The van der Waals surface area contributed by atoms with Crippen LogP contribution in [0.2, 0.25) is 0 Å². The number of rotatable bonds is 3. The van der Waals surface area contributed by atoms with E-state index in [1.54, 1.807) is 0 Å². The van der Waals surface area contributed by atoms with Crippen LogP contribution >= 0.6 is 0 Å². The molecule has 1 fully saturated rings. The lowest BCUT2D eigenvalue weighted by Crippen LogP contribution is -2.56. The molecular weight excluding hydrogens is 209 g/mol. The molecule has 0 aliphatic carbocycles. The second-order valence-corrected chi connectivity index (χ2v) is 3.69. The predicted molar refractivity (Wildman–Crippen MR) is 50.5 cm³/mol. The van der Waals surface area contributed by atoms with Crippen LogP contribution in [-0.2, 0) is 4.74 Å². The molecule has 1 aliphatic heterocycles. The molecule has 0 aromatic heterocycles. The number of halogens is 3. The molecule has 15 heavy (non-hydrogen) atoms. The van der Waals surface area contributed by atoms with Crippen LogP contribution in [-0.4, -0.2) is 49.5 Å². The molecule has 1 heterocycles. The van der Waals surface area contributed by atoms with E-state index in [1.165, 1.54) is 4.90 Å². The van der Waals surface area contributed by atoms with Crippen LogP contribution in [0, 0.1) is 0 Å². The van der Waals surface area contributed by atoms with Crippen molar-refractivity contribution in [1.82, 2.24) is 4.90 Å². The van der Waals surface area contributed by atoms with E-state index in [9.17, 15) is 13.2 Å². The number of nitrogens with zero attached hydrogens (tertiary/aromatic N) is 1. The highest BCUT2D eigenvalue weighted by molar-refractivity contribution is 4.83. The molecule has 1 saturated heterocycles. The Bertz CT molecular complexity index is 198. The van der Waals surface area contributed by atoms with Gasteiger partial charge in [0.05, 0.1) is 12.7 Å². The molecule has 0 spiro atoms. The first-order valence-electron chi connectivity index (χ1n) is 5.11. The Hall–Kier alpha value is -0.330. The van der Waals surface area contributed by atoms with Gasteiger partial charge in [0.1, 0.15) is 6.04 Å². The van der Waals surface area contributed by atoms with Gasteiger partial charge in [0, 0.05) is 19.6 Å². The van der Waals surface area contributed by atoms with Crippen LogP contribution in [0.3, 0.4) is 0 Å². The lowest BCUT2D eigenvalue weighted by molar-refractivity contribution is -0.194. The molecule has 1 rings (SSSR count). The summed E-state index contributed by atoms with van der Waals surface area (Å²) in [6, 6.07) is -1.53. The van der Waals surface area contributed by atoms with Gasteiger partial charge in [-0.15, -0.1) is 0 Å². The largest absolute Gasteiger partial charge is 0.405 e. The van der Waals surface area contributed by atoms with Gasteiger partial charge in [-0.05, 0) is 6.42 Å². The highest BCUT2D eigenvalue weighted by Crippen LogP contribution is 2.25. The van der Waals surface area contributed by atoms with E-state index in [0.29, 0.717) is 19.7 Å². The zero-order valence-electron chi connectivity index (χ0n) is 8.76. The third-order valence-electron chi connectivity index (χ3n) is 2.67. The fraction of sp³-hybridized carbons (Fsp3) is 1.00. The fourth-order valence-corrected chi connectivity index (χ4v) is 1.76. The molecule has 6 heteroatoms. The number of hydrogen-bond acceptors (Lipinski definition) is 3. The summed E-state index contributed by atoms with van der Waals surface area (Å²) < 4.78 is 43.0. The average molecular weight is 226 g/mol. The van der Waals surface area contributed by atoms with Gasteiger partial charge >= 0.3 is 6.18 Å². The minimum atomic E-state index is -4.25. The Morgan fingerprint density at radius 2 is 2.20 bits per heavy atom. The topological polar surface area (TPSA) is 38.5 Å². The smallest absolute Gasteiger partial charge is 0.376 e. The van der Waals surface area contributed by atoms with E-state index in [-0.39, 0.29) is 12.6 Å². The van der Waals surface area contributed by atoms with Gasteiger partial charge in [-0.2, -0.15) is 13.2 Å². The molecule has 2 unspecified atom stereocenters. The van der Waals surface area contributed by atoms with Crippen molar-refractivity contribution < 1.29 is 17.9 Å². The van der Waals surface area contributed by atoms with Gasteiger partial charge in [0.2, 0.25) is 0 Å². The van der Waals surface area contributed by atoms with Crippen LogP contribution in [0.1, 0.15) is 13.3 Å². The van der Waals surface area contributed by atoms with Gasteiger partial charge in [0.25, 0.3) is 0 Å². The molecule has 3 nitrogen and oxygen atoms in total. The maximum atomic E-state index is 12.6. The monoisotopic (exact) mass is 226 g/mol. The number of alkyl halides is 3. The zero-order valence-corrected chi connectivity index (χ0v) is 8.76. The highest BCUT2D eigenvalue weighted by Gasteiger charge is 2.43. The van der Waals surface area contributed by atoms with Crippen molar-refractivity contribution in [1.29, 1.82) is 0 Å². The highest BCUT2D eigenvalue weighted by atomic mass is 19.4. The molecule has 1 aliphatic rings. The van der Waals surface area contributed by atoms with E-state index in [1.807, 2.05) is 6.92 Å². The summed E-state index contributed by atoms with van der Waals surface area (Å²) in [5, 5.41) is 0. The van der Waals surface area contributed by atoms with Crippen molar-refractivity contribution >= 4 is 0 Å². The summed E-state index contributed by atoms with van der Waals surface area (Å²) in [5.41, 5.74) is 5.17. The van der Waals surface area contributed by atoms with Crippen molar-refractivity contribution in [2.45, 2.75) is 31.7 Å². The molecule has 2 atom stereocenters. The molecule has 0 radical (unpaired) electrons. The lowest BCUT2D eigenvalue weighted by atomic mass is 10.1. The van der Waals surface area contributed by atoms with E-state index in [0.717, 1.165) is 6.42 Å². The zero-order chi connectivity index (χ0) is 11.5. The summed E-state index contributed by atoms with van der Waals surface area (Å²) in [5.74, 6) is 0.